The average Bonchev–Trinajstić information content (AvgIpc) is 2.60. The summed E-state index contributed by atoms with van der Waals surface area (Å²) in [6.07, 6.45) is 2.27. The third-order valence-corrected chi connectivity index (χ3v) is 4.14. The molecule has 1 heterocycles. The van der Waals surface area contributed by atoms with Crippen LogP contribution in [0, 0.1) is 11.7 Å². The highest BCUT2D eigenvalue weighted by atomic mass is 127. The number of piperidine rings is 1. The van der Waals surface area contributed by atoms with Gasteiger partial charge in [0.2, 0.25) is 11.8 Å². The van der Waals surface area contributed by atoms with Crippen LogP contribution in [0.25, 0.3) is 0 Å². The Kier molecular flexibility index (Phi) is 10.0. The summed E-state index contributed by atoms with van der Waals surface area (Å²) < 4.78 is 12.9. The number of nitrogens with one attached hydrogen (secondary N) is 2. The van der Waals surface area contributed by atoms with Crippen LogP contribution in [-0.4, -0.2) is 48.9 Å². The third-order valence-electron chi connectivity index (χ3n) is 4.14. The summed E-state index contributed by atoms with van der Waals surface area (Å²) in [4.78, 5) is 29.7. The largest absolute Gasteiger partial charge is 0.370 e. The van der Waals surface area contributed by atoms with Crippen LogP contribution in [0.5, 0.6) is 0 Å². The summed E-state index contributed by atoms with van der Waals surface area (Å²) in [7, 11) is 0. The molecule has 2 rings (SSSR count). The molecule has 4 N–H and O–H groups in total. The molecule has 1 aliphatic rings. The van der Waals surface area contributed by atoms with E-state index in [2.05, 4.69) is 20.5 Å². The predicted octanol–water partition coefficient (Wildman–Crippen LogP) is 1.94. The van der Waals surface area contributed by atoms with Gasteiger partial charge >= 0.3 is 0 Å². The fraction of sp³-hybridized carbons (Fsp3) is 0.500. The second-order valence-corrected chi connectivity index (χ2v) is 6.35. The lowest BCUT2D eigenvalue weighted by molar-refractivity contribution is -0.119. The molecule has 0 saturated carbocycles. The highest BCUT2D eigenvalue weighted by molar-refractivity contribution is 14.0. The molecule has 2 amide bonds. The molecule has 1 aromatic carbocycles. The molecule has 1 aromatic rings. The Morgan fingerprint density at radius 1 is 1.33 bits per heavy atom. The smallest absolute Gasteiger partial charge is 0.246 e. The minimum absolute atomic E-state index is 0. The number of primary amides is 1. The average molecular weight is 491 g/mol. The third kappa shape index (κ3) is 8.10. The van der Waals surface area contributed by atoms with Crippen molar-refractivity contribution in [2.45, 2.75) is 26.2 Å². The SMILES string of the molecule is CCNC(=NCC(=O)Nc1ccc(F)cc1)N1CCCC(CC(N)=O)C1.I. The first-order chi connectivity index (χ1) is 12.5. The Morgan fingerprint density at radius 3 is 2.67 bits per heavy atom. The van der Waals surface area contributed by atoms with Gasteiger partial charge in [0.1, 0.15) is 12.4 Å². The number of hydrogen-bond donors (Lipinski definition) is 3. The molecule has 0 bridgehead atoms. The van der Waals surface area contributed by atoms with E-state index in [1.54, 1.807) is 0 Å². The Balaban J connectivity index is 0.00000364. The number of carbonyl (C=O) groups is 2. The molecule has 27 heavy (non-hydrogen) atoms. The Bertz CT molecular complexity index is 654. The van der Waals surface area contributed by atoms with E-state index >= 15 is 0 Å². The van der Waals surface area contributed by atoms with Crippen molar-refractivity contribution in [2.24, 2.45) is 16.6 Å². The van der Waals surface area contributed by atoms with Gasteiger partial charge in [-0.1, -0.05) is 0 Å². The molecule has 0 radical (unpaired) electrons. The molecule has 1 saturated heterocycles. The van der Waals surface area contributed by atoms with Crippen molar-refractivity contribution < 1.29 is 14.0 Å². The number of likely N-dealkylation sites (tertiary alicyclic amines) is 1. The summed E-state index contributed by atoms with van der Waals surface area (Å²) in [5.41, 5.74) is 5.83. The van der Waals surface area contributed by atoms with Gasteiger partial charge in [0.15, 0.2) is 5.96 Å². The first-order valence-corrected chi connectivity index (χ1v) is 8.85. The monoisotopic (exact) mass is 491 g/mol. The van der Waals surface area contributed by atoms with Crippen LogP contribution in [0.15, 0.2) is 29.3 Å². The number of amides is 2. The maximum absolute atomic E-state index is 12.9. The zero-order chi connectivity index (χ0) is 18.9. The molecular formula is C18H27FIN5O2. The topological polar surface area (TPSA) is 99.8 Å². The van der Waals surface area contributed by atoms with Crippen LogP contribution in [-0.2, 0) is 9.59 Å². The lowest BCUT2D eigenvalue weighted by Gasteiger charge is -2.34. The zero-order valence-corrected chi connectivity index (χ0v) is 17.7. The molecular weight excluding hydrogens is 464 g/mol. The molecule has 9 heteroatoms. The van der Waals surface area contributed by atoms with Crippen molar-refractivity contribution in [1.82, 2.24) is 10.2 Å². The number of nitrogens with zero attached hydrogens (tertiary/aromatic N) is 2. The lowest BCUT2D eigenvalue weighted by atomic mass is 9.95. The van der Waals surface area contributed by atoms with Crippen molar-refractivity contribution in [3.63, 3.8) is 0 Å². The Hall–Kier alpha value is -1.91. The van der Waals surface area contributed by atoms with Gasteiger partial charge in [-0.05, 0) is 49.9 Å². The summed E-state index contributed by atoms with van der Waals surface area (Å²) in [5.74, 6) is -0.0738. The molecule has 1 atom stereocenters. The first kappa shape index (κ1) is 23.1. The zero-order valence-electron chi connectivity index (χ0n) is 15.4. The standard InChI is InChI=1S/C18H26FN5O2.HI/c1-2-21-18(24-9-3-4-13(12-24)10-16(20)25)22-11-17(26)23-15-7-5-14(19)6-8-15;/h5-8,13H,2-4,9-12H2,1H3,(H2,20,25)(H,21,22)(H,23,26);1H. The number of anilines is 1. The number of rotatable bonds is 6. The number of benzene rings is 1. The van der Waals surface area contributed by atoms with Crippen LogP contribution in [0.1, 0.15) is 26.2 Å². The first-order valence-electron chi connectivity index (χ1n) is 8.85. The van der Waals surface area contributed by atoms with Crippen LogP contribution in [0.2, 0.25) is 0 Å². The van der Waals surface area contributed by atoms with Gasteiger partial charge in [-0.15, -0.1) is 24.0 Å². The van der Waals surface area contributed by atoms with Gasteiger partial charge in [-0.2, -0.15) is 0 Å². The quantitative estimate of drug-likeness (QED) is 0.322. The Labute approximate surface area is 176 Å². The van der Waals surface area contributed by atoms with E-state index in [4.69, 9.17) is 5.73 Å². The number of carbonyl (C=O) groups excluding carboxylic acids is 2. The van der Waals surface area contributed by atoms with Crippen LogP contribution < -0.4 is 16.4 Å². The van der Waals surface area contributed by atoms with E-state index in [1.807, 2.05) is 6.92 Å². The lowest BCUT2D eigenvalue weighted by Crippen LogP contribution is -2.47. The molecule has 0 spiro atoms. The fourth-order valence-electron chi connectivity index (χ4n) is 3.01. The van der Waals surface area contributed by atoms with Crippen molar-refractivity contribution >= 4 is 47.4 Å². The number of guanidine groups is 1. The molecule has 1 aliphatic heterocycles. The maximum Gasteiger partial charge on any atom is 0.246 e. The summed E-state index contributed by atoms with van der Waals surface area (Å²) in [5, 5.41) is 5.87. The van der Waals surface area contributed by atoms with E-state index in [9.17, 15) is 14.0 Å². The van der Waals surface area contributed by atoms with Crippen LogP contribution in [0.4, 0.5) is 10.1 Å². The molecule has 1 fully saturated rings. The van der Waals surface area contributed by atoms with E-state index < -0.39 is 0 Å². The molecule has 150 valence electrons. The minimum Gasteiger partial charge on any atom is -0.370 e. The van der Waals surface area contributed by atoms with Gasteiger partial charge in [0.05, 0.1) is 0 Å². The second kappa shape index (κ2) is 11.7. The number of nitrogens with two attached hydrogens (primary N) is 1. The fourth-order valence-corrected chi connectivity index (χ4v) is 3.01. The van der Waals surface area contributed by atoms with Crippen molar-refractivity contribution in [2.75, 3.05) is 31.5 Å². The van der Waals surface area contributed by atoms with E-state index in [-0.39, 0.29) is 54.1 Å². The van der Waals surface area contributed by atoms with E-state index in [0.29, 0.717) is 31.2 Å². The molecule has 0 aliphatic carbocycles. The number of halogens is 2. The van der Waals surface area contributed by atoms with Crippen LogP contribution in [0.3, 0.4) is 0 Å². The van der Waals surface area contributed by atoms with Gasteiger partial charge < -0.3 is 21.3 Å². The van der Waals surface area contributed by atoms with Gasteiger partial charge in [0, 0.05) is 31.7 Å². The Morgan fingerprint density at radius 2 is 2.04 bits per heavy atom. The minimum atomic E-state index is -0.355. The van der Waals surface area contributed by atoms with Gasteiger partial charge in [0.25, 0.3) is 0 Å². The molecule has 1 unspecified atom stereocenters. The van der Waals surface area contributed by atoms with Crippen LogP contribution >= 0.6 is 24.0 Å². The normalized spacial score (nSPS) is 17.0. The van der Waals surface area contributed by atoms with E-state index in [1.165, 1.54) is 24.3 Å². The number of aliphatic imine (C=N–C) groups is 1. The van der Waals surface area contributed by atoms with Gasteiger partial charge in [-0.25, -0.2) is 9.38 Å². The number of hydrogen-bond acceptors (Lipinski definition) is 3. The summed E-state index contributed by atoms with van der Waals surface area (Å²) in [6.45, 7) is 4.10. The predicted molar refractivity (Wildman–Crippen MR) is 115 cm³/mol. The van der Waals surface area contributed by atoms with Gasteiger partial charge in [-0.3, -0.25) is 9.59 Å². The summed E-state index contributed by atoms with van der Waals surface area (Å²) in [6, 6.07) is 5.58. The second-order valence-electron chi connectivity index (χ2n) is 6.35. The van der Waals surface area contributed by atoms with Crippen molar-refractivity contribution in [3.05, 3.63) is 30.1 Å². The van der Waals surface area contributed by atoms with Crippen molar-refractivity contribution in [3.8, 4) is 0 Å². The molecule has 7 nitrogen and oxygen atoms in total. The molecule has 0 aromatic heterocycles. The van der Waals surface area contributed by atoms with Crippen molar-refractivity contribution in [1.29, 1.82) is 0 Å². The van der Waals surface area contributed by atoms with E-state index in [0.717, 1.165) is 19.4 Å². The summed E-state index contributed by atoms with van der Waals surface area (Å²) >= 11 is 0. The highest BCUT2D eigenvalue weighted by Gasteiger charge is 2.23. The highest BCUT2D eigenvalue weighted by Crippen LogP contribution is 2.19. The maximum atomic E-state index is 12.9.